The number of hydrogen-bond donors (Lipinski definition) is 2. The minimum absolute atomic E-state index is 0.278. The Bertz CT molecular complexity index is 181. The molecule has 0 radical (unpaired) electrons. The van der Waals surface area contributed by atoms with Crippen LogP contribution in [0.25, 0.3) is 0 Å². The second-order valence-corrected chi connectivity index (χ2v) is 5.37. The predicted octanol–water partition coefficient (Wildman–Crippen LogP) is 2.07. The van der Waals surface area contributed by atoms with Crippen LogP contribution >= 0.6 is 0 Å². The summed E-state index contributed by atoms with van der Waals surface area (Å²) in [6, 6.07) is 0.370. The summed E-state index contributed by atoms with van der Waals surface area (Å²) in [6.07, 6.45) is 1.84. The third kappa shape index (κ3) is 6.89. The molecule has 0 spiro atoms. The highest BCUT2D eigenvalue weighted by Gasteiger charge is 2.14. The first-order valence-electron chi connectivity index (χ1n) is 5.25. The van der Waals surface area contributed by atoms with Crippen molar-refractivity contribution >= 4 is 5.84 Å². The molecular formula is C11H25N3. The van der Waals surface area contributed by atoms with Crippen LogP contribution < -0.4 is 5.73 Å². The van der Waals surface area contributed by atoms with E-state index in [0.717, 1.165) is 6.54 Å². The molecule has 0 fully saturated rings. The second-order valence-electron chi connectivity index (χ2n) is 5.37. The lowest BCUT2D eigenvalue weighted by atomic mass is 9.92. The van der Waals surface area contributed by atoms with Crippen LogP contribution in [0.5, 0.6) is 0 Å². The molecule has 1 unspecified atom stereocenters. The topological polar surface area (TPSA) is 53.1 Å². The number of rotatable bonds is 5. The zero-order chi connectivity index (χ0) is 11.4. The maximum atomic E-state index is 7.22. The lowest BCUT2D eigenvalue weighted by Crippen LogP contribution is -2.34. The molecule has 0 heterocycles. The molecule has 3 nitrogen and oxygen atoms in total. The number of hydrogen-bond acceptors (Lipinski definition) is 2. The van der Waals surface area contributed by atoms with Gasteiger partial charge in [-0.15, -0.1) is 0 Å². The summed E-state index contributed by atoms with van der Waals surface area (Å²) in [5.74, 6) is 0.278. The molecule has 0 bridgehead atoms. The average Bonchev–Trinajstić information content (AvgIpc) is 1.97. The molecule has 0 aromatic carbocycles. The van der Waals surface area contributed by atoms with E-state index in [-0.39, 0.29) is 5.84 Å². The van der Waals surface area contributed by atoms with E-state index in [1.165, 1.54) is 6.42 Å². The van der Waals surface area contributed by atoms with E-state index < -0.39 is 0 Å². The van der Waals surface area contributed by atoms with Gasteiger partial charge in [0, 0.05) is 12.5 Å². The van der Waals surface area contributed by atoms with Gasteiger partial charge in [0.15, 0.2) is 0 Å². The Labute approximate surface area is 88.2 Å². The minimum atomic E-state index is 0.278. The van der Waals surface area contributed by atoms with Crippen molar-refractivity contribution in [2.75, 3.05) is 13.6 Å². The Morgan fingerprint density at radius 1 is 1.43 bits per heavy atom. The van der Waals surface area contributed by atoms with Gasteiger partial charge in [-0.25, -0.2) is 0 Å². The van der Waals surface area contributed by atoms with Gasteiger partial charge in [-0.1, -0.05) is 20.8 Å². The van der Waals surface area contributed by atoms with Crippen molar-refractivity contribution in [2.45, 2.75) is 46.6 Å². The Morgan fingerprint density at radius 3 is 2.29 bits per heavy atom. The van der Waals surface area contributed by atoms with Gasteiger partial charge in [-0.05, 0) is 32.4 Å². The SMILES string of the molecule is CC(CC(=N)N)N(C)CCC(C)(C)C. The molecule has 3 heteroatoms. The standard InChI is InChI=1S/C11H25N3/c1-9(8-10(12)13)14(5)7-6-11(2,3)4/h9H,6-8H2,1-5H3,(H3,12,13). The van der Waals surface area contributed by atoms with Crippen LogP contribution in [0.1, 0.15) is 40.5 Å². The van der Waals surface area contributed by atoms with Crippen LogP contribution in [0, 0.1) is 10.8 Å². The first-order valence-corrected chi connectivity index (χ1v) is 5.25. The van der Waals surface area contributed by atoms with Gasteiger partial charge in [-0.3, -0.25) is 5.41 Å². The van der Waals surface area contributed by atoms with Crippen LogP contribution in [-0.2, 0) is 0 Å². The summed E-state index contributed by atoms with van der Waals surface area (Å²) in [5, 5.41) is 7.22. The van der Waals surface area contributed by atoms with Gasteiger partial charge < -0.3 is 10.6 Å². The first kappa shape index (κ1) is 13.4. The molecule has 14 heavy (non-hydrogen) atoms. The quantitative estimate of drug-likeness (QED) is 0.526. The minimum Gasteiger partial charge on any atom is -0.388 e. The fraction of sp³-hybridized carbons (Fsp3) is 0.909. The fourth-order valence-corrected chi connectivity index (χ4v) is 1.21. The van der Waals surface area contributed by atoms with Gasteiger partial charge in [-0.2, -0.15) is 0 Å². The largest absolute Gasteiger partial charge is 0.388 e. The molecule has 0 amide bonds. The zero-order valence-electron chi connectivity index (χ0n) is 10.2. The fourth-order valence-electron chi connectivity index (χ4n) is 1.21. The lowest BCUT2D eigenvalue weighted by Gasteiger charge is -2.28. The van der Waals surface area contributed by atoms with Crippen LogP contribution in [0.3, 0.4) is 0 Å². The highest BCUT2D eigenvalue weighted by Crippen LogP contribution is 2.19. The third-order valence-corrected chi connectivity index (χ3v) is 2.48. The summed E-state index contributed by atoms with van der Waals surface area (Å²) >= 11 is 0. The summed E-state index contributed by atoms with van der Waals surface area (Å²) in [6.45, 7) is 9.92. The van der Waals surface area contributed by atoms with Gasteiger partial charge >= 0.3 is 0 Å². The summed E-state index contributed by atoms with van der Waals surface area (Å²) in [5.41, 5.74) is 5.75. The van der Waals surface area contributed by atoms with E-state index in [0.29, 0.717) is 17.9 Å². The molecule has 0 aromatic heterocycles. The molecule has 0 aliphatic heterocycles. The molecule has 0 saturated carbocycles. The monoisotopic (exact) mass is 199 g/mol. The summed E-state index contributed by atoms with van der Waals surface area (Å²) in [4.78, 5) is 2.27. The van der Waals surface area contributed by atoms with E-state index in [4.69, 9.17) is 11.1 Å². The maximum Gasteiger partial charge on any atom is 0.0920 e. The van der Waals surface area contributed by atoms with Crippen molar-refractivity contribution in [3.8, 4) is 0 Å². The lowest BCUT2D eigenvalue weighted by molar-refractivity contribution is 0.220. The molecule has 84 valence electrons. The Hall–Kier alpha value is -0.570. The molecular weight excluding hydrogens is 174 g/mol. The number of amidine groups is 1. The summed E-state index contributed by atoms with van der Waals surface area (Å²) < 4.78 is 0. The van der Waals surface area contributed by atoms with Gasteiger partial charge in [0.2, 0.25) is 0 Å². The van der Waals surface area contributed by atoms with E-state index in [1.807, 2.05) is 0 Å². The predicted molar refractivity (Wildman–Crippen MR) is 62.7 cm³/mol. The molecule has 0 aliphatic rings. The van der Waals surface area contributed by atoms with E-state index >= 15 is 0 Å². The molecule has 0 aliphatic carbocycles. The van der Waals surface area contributed by atoms with E-state index in [2.05, 4.69) is 39.6 Å². The van der Waals surface area contributed by atoms with Crippen molar-refractivity contribution < 1.29 is 0 Å². The van der Waals surface area contributed by atoms with Crippen LogP contribution in [0.15, 0.2) is 0 Å². The maximum absolute atomic E-state index is 7.22. The Kier molecular flexibility index (Phi) is 5.13. The van der Waals surface area contributed by atoms with Crippen molar-refractivity contribution in [1.29, 1.82) is 5.41 Å². The number of nitrogens with zero attached hydrogens (tertiary/aromatic N) is 1. The normalized spacial score (nSPS) is 14.4. The third-order valence-electron chi connectivity index (χ3n) is 2.48. The van der Waals surface area contributed by atoms with Gasteiger partial charge in [0.25, 0.3) is 0 Å². The Morgan fingerprint density at radius 2 is 1.93 bits per heavy atom. The second kappa shape index (κ2) is 5.35. The average molecular weight is 199 g/mol. The molecule has 3 N–H and O–H groups in total. The first-order chi connectivity index (χ1) is 6.22. The Balaban J connectivity index is 3.84. The smallest absolute Gasteiger partial charge is 0.0920 e. The highest BCUT2D eigenvalue weighted by atomic mass is 15.1. The highest BCUT2D eigenvalue weighted by molar-refractivity contribution is 5.77. The molecule has 0 aromatic rings. The molecule has 0 saturated heterocycles. The van der Waals surface area contributed by atoms with Crippen molar-refractivity contribution in [1.82, 2.24) is 4.90 Å². The van der Waals surface area contributed by atoms with E-state index in [1.54, 1.807) is 0 Å². The number of nitrogens with two attached hydrogens (primary N) is 1. The number of nitrogens with one attached hydrogen (secondary N) is 1. The molecule has 1 atom stereocenters. The van der Waals surface area contributed by atoms with E-state index in [9.17, 15) is 0 Å². The summed E-state index contributed by atoms with van der Waals surface area (Å²) in [7, 11) is 2.10. The van der Waals surface area contributed by atoms with Crippen LogP contribution in [0.4, 0.5) is 0 Å². The van der Waals surface area contributed by atoms with Gasteiger partial charge in [0.05, 0.1) is 5.84 Å². The van der Waals surface area contributed by atoms with Crippen molar-refractivity contribution in [3.63, 3.8) is 0 Å². The van der Waals surface area contributed by atoms with Crippen LogP contribution in [-0.4, -0.2) is 30.4 Å². The molecule has 0 rings (SSSR count). The van der Waals surface area contributed by atoms with Crippen molar-refractivity contribution in [3.05, 3.63) is 0 Å². The van der Waals surface area contributed by atoms with Crippen LogP contribution in [0.2, 0.25) is 0 Å². The van der Waals surface area contributed by atoms with Gasteiger partial charge in [0.1, 0.15) is 0 Å². The zero-order valence-corrected chi connectivity index (χ0v) is 10.2. The van der Waals surface area contributed by atoms with Crippen molar-refractivity contribution in [2.24, 2.45) is 11.1 Å².